The average Bonchev–Trinajstić information content (AvgIpc) is 3.35. The number of nitrogens with one attached hydrogen (secondary N) is 1. The first kappa shape index (κ1) is 27.9. The second-order valence-electron chi connectivity index (χ2n) is 9.89. The fourth-order valence-corrected chi connectivity index (χ4v) is 6.04. The van der Waals surface area contributed by atoms with Crippen LogP contribution < -0.4 is 10.1 Å². The summed E-state index contributed by atoms with van der Waals surface area (Å²) in [5, 5.41) is 11.0. The van der Waals surface area contributed by atoms with Crippen LogP contribution in [0.3, 0.4) is 0 Å². The number of alkyl halides is 3. The number of nitrogens with zero attached hydrogens (tertiary/aromatic N) is 2. The second kappa shape index (κ2) is 9.67. The first-order valence-corrected chi connectivity index (χ1v) is 13.0. The monoisotopic (exact) mass is 549 g/mol. The first-order valence-electron chi connectivity index (χ1n) is 11.1. The summed E-state index contributed by atoms with van der Waals surface area (Å²) in [6.45, 7) is 7.20. The number of hydrogen-bond acceptors (Lipinski definition) is 7. The van der Waals surface area contributed by atoms with E-state index in [1.807, 2.05) is 0 Å². The van der Waals surface area contributed by atoms with Crippen molar-refractivity contribution in [3.05, 3.63) is 35.5 Å². The zero-order valence-electron chi connectivity index (χ0n) is 20.0. The molecule has 0 spiro atoms. The molecule has 2 fully saturated rings. The molecular weight excluding hydrogens is 523 g/mol. The first-order chi connectivity index (χ1) is 16.5. The van der Waals surface area contributed by atoms with E-state index in [1.54, 1.807) is 20.8 Å². The number of likely N-dealkylation sites (tertiary alicyclic amines) is 1. The minimum atomic E-state index is -4.57. The van der Waals surface area contributed by atoms with Crippen LogP contribution >= 0.6 is 11.6 Å². The van der Waals surface area contributed by atoms with E-state index in [2.05, 4.69) is 22.7 Å². The number of nitriles is 1. The van der Waals surface area contributed by atoms with Crippen LogP contribution in [0.2, 0.25) is 5.02 Å². The molecule has 8 nitrogen and oxygen atoms in total. The van der Waals surface area contributed by atoms with Crippen molar-refractivity contribution in [1.82, 2.24) is 10.2 Å². The van der Waals surface area contributed by atoms with Gasteiger partial charge in [0.1, 0.15) is 16.9 Å². The topological polar surface area (TPSA) is 109 Å². The standard InChI is InChI=1S/C23H27ClF3N3O5S/c1-14(29-22(12-28)7-8-22)18-10-16(11-30(18)20(31)35-21(2,3)4)36(32,33)19-6-5-15(9-17(19)24)34-13-23(25,26)27/h5-6,9,16,18,29H,1,7-8,10-11,13H2,2-4H3/t16-,18+/m1/s1. The Bertz CT molecular complexity index is 1190. The Labute approximate surface area is 212 Å². The molecular formula is C23H27ClF3N3O5S. The van der Waals surface area contributed by atoms with Gasteiger partial charge in [0.2, 0.25) is 0 Å². The van der Waals surface area contributed by atoms with Crippen molar-refractivity contribution < 1.29 is 35.9 Å². The SMILES string of the molecule is C=C(NC1(C#N)CC1)[C@@H]1C[C@@H](S(=O)(=O)c2ccc(OCC(F)(F)F)cc2Cl)CN1C(=O)OC(C)(C)C. The molecule has 1 aliphatic carbocycles. The van der Waals surface area contributed by atoms with Crippen molar-refractivity contribution in [3.8, 4) is 11.8 Å². The predicted molar refractivity (Wildman–Crippen MR) is 125 cm³/mol. The van der Waals surface area contributed by atoms with Gasteiger partial charge in [-0.15, -0.1) is 0 Å². The molecule has 2 atom stereocenters. The molecule has 3 rings (SSSR count). The molecule has 0 radical (unpaired) electrons. The number of ether oxygens (including phenoxy) is 2. The molecule has 0 bridgehead atoms. The molecule has 198 valence electrons. The summed E-state index contributed by atoms with van der Waals surface area (Å²) in [6, 6.07) is 4.56. The third-order valence-corrected chi connectivity index (χ3v) is 8.32. The van der Waals surface area contributed by atoms with Crippen molar-refractivity contribution in [2.75, 3.05) is 13.2 Å². The van der Waals surface area contributed by atoms with Crippen LogP contribution in [0.1, 0.15) is 40.0 Å². The van der Waals surface area contributed by atoms with Gasteiger partial charge in [0.15, 0.2) is 16.4 Å². The summed E-state index contributed by atoms with van der Waals surface area (Å²) in [7, 11) is -4.13. The molecule has 1 heterocycles. The zero-order chi connectivity index (χ0) is 27.1. The number of amides is 1. The maximum atomic E-state index is 13.5. The summed E-state index contributed by atoms with van der Waals surface area (Å²) in [6.07, 6.45) is -4.15. The van der Waals surface area contributed by atoms with E-state index in [-0.39, 0.29) is 28.6 Å². The van der Waals surface area contributed by atoms with Crippen LogP contribution in [0, 0.1) is 11.3 Å². The molecule has 2 aliphatic rings. The summed E-state index contributed by atoms with van der Waals surface area (Å²) in [4.78, 5) is 13.9. The van der Waals surface area contributed by atoms with Crippen LogP contribution in [0.5, 0.6) is 5.75 Å². The molecule has 0 aromatic heterocycles. The van der Waals surface area contributed by atoms with E-state index in [1.165, 1.54) is 4.90 Å². The molecule has 1 aliphatic heterocycles. The fourth-order valence-electron chi connectivity index (χ4n) is 3.80. The molecule has 1 amide bonds. The van der Waals surface area contributed by atoms with Gasteiger partial charge in [-0.05, 0) is 52.2 Å². The van der Waals surface area contributed by atoms with Crippen molar-refractivity contribution >= 4 is 27.5 Å². The smallest absolute Gasteiger partial charge is 0.422 e. The quantitative estimate of drug-likeness (QED) is 0.530. The molecule has 1 N–H and O–H groups in total. The lowest BCUT2D eigenvalue weighted by Gasteiger charge is -2.30. The van der Waals surface area contributed by atoms with Crippen molar-refractivity contribution in [2.45, 2.75) is 73.5 Å². The number of rotatable bonds is 7. The summed E-state index contributed by atoms with van der Waals surface area (Å²) in [5.41, 5.74) is -1.31. The number of hydrogen-bond donors (Lipinski definition) is 1. The predicted octanol–water partition coefficient (Wildman–Crippen LogP) is 4.59. The maximum absolute atomic E-state index is 13.5. The van der Waals surface area contributed by atoms with Gasteiger partial charge in [-0.1, -0.05) is 18.2 Å². The third kappa shape index (κ3) is 6.56. The Morgan fingerprint density at radius 3 is 2.47 bits per heavy atom. The normalized spacial score (nSPS) is 21.4. The van der Waals surface area contributed by atoms with Crippen LogP contribution in [0.15, 0.2) is 35.4 Å². The summed E-state index contributed by atoms with van der Waals surface area (Å²) >= 11 is 6.13. The van der Waals surface area contributed by atoms with Gasteiger partial charge in [0.05, 0.1) is 27.3 Å². The molecule has 36 heavy (non-hydrogen) atoms. The minimum Gasteiger partial charge on any atom is -0.484 e. The Morgan fingerprint density at radius 1 is 1.33 bits per heavy atom. The van der Waals surface area contributed by atoms with Gasteiger partial charge in [-0.25, -0.2) is 13.2 Å². The number of halogens is 4. The average molecular weight is 550 g/mol. The van der Waals surface area contributed by atoms with Gasteiger partial charge < -0.3 is 14.8 Å². The van der Waals surface area contributed by atoms with E-state index in [9.17, 15) is 31.6 Å². The van der Waals surface area contributed by atoms with Gasteiger partial charge in [-0.2, -0.15) is 18.4 Å². The van der Waals surface area contributed by atoms with Crippen molar-refractivity contribution in [1.29, 1.82) is 5.26 Å². The summed E-state index contributed by atoms with van der Waals surface area (Å²) < 4.78 is 74.3. The number of benzene rings is 1. The molecule has 0 unspecified atom stereocenters. The lowest BCUT2D eigenvalue weighted by Crippen LogP contribution is -2.44. The Balaban J connectivity index is 1.85. The highest BCUT2D eigenvalue weighted by Gasteiger charge is 2.49. The highest BCUT2D eigenvalue weighted by Crippen LogP contribution is 2.39. The van der Waals surface area contributed by atoms with E-state index < -0.39 is 51.1 Å². The largest absolute Gasteiger partial charge is 0.484 e. The van der Waals surface area contributed by atoms with Crippen LogP contribution in [0.25, 0.3) is 0 Å². The number of carbonyl (C=O) groups excluding carboxylic acids is 1. The van der Waals surface area contributed by atoms with Crippen LogP contribution in [-0.4, -0.2) is 61.2 Å². The zero-order valence-corrected chi connectivity index (χ0v) is 21.6. The van der Waals surface area contributed by atoms with Gasteiger partial charge >= 0.3 is 12.3 Å². The number of carbonyl (C=O) groups is 1. The highest BCUT2D eigenvalue weighted by molar-refractivity contribution is 7.92. The van der Waals surface area contributed by atoms with E-state index in [0.29, 0.717) is 18.5 Å². The van der Waals surface area contributed by atoms with Gasteiger partial charge in [-0.3, -0.25) is 4.90 Å². The van der Waals surface area contributed by atoms with Crippen LogP contribution in [0.4, 0.5) is 18.0 Å². The molecule has 1 saturated carbocycles. The second-order valence-corrected chi connectivity index (χ2v) is 12.5. The summed E-state index contributed by atoms with van der Waals surface area (Å²) in [5.74, 6) is -0.236. The fraction of sp³-hybridized carbons (Fsp3) is 0.565. The third-order valence-electron chi connectivity index (χ3n) is 5.71. The van der Waals surface area contributed by atoms with Gasteiger partial charge in [0.25, 0.3) is 0 Å². The highest BCUT2D eigenvalue weighted by atomic mass is 35.5. The van der Waals surface area contributed by atoms with Gasteiger partial charge in [0, 0.05) is 18.3 Å². The van der Waals surface area contributed by atoms with E-state index in [4.69, 9.17) is 16.3 Å². The Kier molecular flexibility index (Phi) is 7.50. The van der Waals surface area contributed by atoms with E-state index in [0.717, 1.165) is 18.2 Å². The molecule has 1 aromatic carbocycles. The van der Waals surface area contributed by atoms with Crippen molar-refractivity contribution in [2.24, 2.45) is 0 Å². The van der Waals surface area contributed by atoms with E-state index >= 15 is 0 Å². The molecule has 1 saturated heterocycles. The van der Waals surface area contributed by atoms with Crippen LogP contribution in [-0.2, 0) is 14.6 Å². The van der Waals surface area contributed by atoms with Crippen molar-refractivity contribution in [3.63, 3.8) is 0 Å². The Hall–Kier alpha value is -2.65. The number of sulfone groups is 1. The minimum absolute atomic E-state index is 0.0441. The lowest BCUT2D eigenvalue weighted by atomic mass is 10.1. The maximum Gasteiger partial charge on any atom is 0.422 e. The Morgan fingerprint density at radius 2 is 1.97 bits per heavy atom. The lowest BCUT2D eigenvalue weighted by molar-refractivity contribution is -0.153. The molecule has 1 aromatic rings. The molecule has 13 heteroatoms.